The Hall–Kier alpha value is -2.51. The van der Waals surface area contributed by atoms with Gasteiger partial charge in [-0.05, 0) is 44.1 Å². The fraction of sp³-hybridized carbons (Fsp3) is 0.500. The predicted octanol–water partition coefficient (Wildman–Crippen LogP) is 0.717. The van der Waals surface area contributed by atoms with Crippen molar-refractivity contribution < 1.29 is 27.2 Å². The molecule has 13 heteroatoms. The highest BCUT2D eigenvalue weighted by Crippen LogP contribution is 2.27. The predicted molar refractivity (Wildman–Crippen MR) is 102 cm³/mol. The lowest BCUT2D eigenvalue weighted by atomic mass is 10.2. The number of nitrogens with one attached hydrogen (secondary N) is 2. The molecule has 2 aromatic heterocycles. The fourth-order valence-electron chi connectivity index (χ4n) is 3.00. The minimum Gasteiger partial charge on any atom is -0.460 e. The maximum absolute atomic E-state index is 12.9. The summed E-state index contributed by atoms with van der Waals surface area (Å²) in [5.74, 6) is -0.896. The smallest absolute Gasteiger partial charge is 0.374 e. The second-order valence-corrected chi connectivity index (χ2v) is 8.54. The first-order valence-electron chi connectivity index (χ1n) is 8.92. The number of furan rings is 1. The Morgan fingerprint density at radius 1 is 1.45 bits per heavy atom. The van der Waals surface area contributed by atoms with Gasteiger partial charge in [0.1, 0.15) is 6.04 Å². The lowest BCUT2D eigenvalue weighted by molar-refractivity contribution is -0.124. The van der Waals surface area contributed by atoms with Gasteiger partial charge in [-0.1, -0.05) is 0 Å². The average Bonchev–Trinajstić information content (AvgIpc) is 3.42. The van der Waals surface area contributed by atoms with Crippen molar-refractivity contribution in [3.8, 4) is 0 Å². The molecular weight excluding hydrogens is 422 g/mol. The lowest BCUT2D eigenvalue weighted by Crippen LogP contribution is -2.45. The Morgan fingerprint density at radius 3 is 2.86 bits per heavy atom. The van der Waals surface area contributed by atoms with Crippen LogP contribution < -0.4 is 5.32 Å². The van der Waals surface area contributed by atoms with E-state index in [1.54, 1.807) is 18.5 Å². The Balaban J connectivity index is 1.73. The van der Waals surface area contributed by atoms with Crippen LogP contribution in [-0.2, 0) is 33.1 Å². The highest BCUT2D eigenvalue weighted by molar-refractivity contribution is 7.89. The van der Waals surface area contributed by atoms with Gasteiger partial charge in [-0.2, -0.15) is 9.40 Å². The molecule has 2 aromatic rings. The first kappa shape index (κ1) is 21.2. The third kappa shape index (κ3) is 4.26. The molecule has 1 aliphatic heterocycles. The molecule has 0 bridgehead atoms. The molecule has 1 fully saturated rings. The van der Waals surface area contributed by atoms with Crippen molar-refractivity contribution in [1.29, 1.82) is 0 Å². The normalized spacial score (nSPS) is 17.4. The van der Waals surface area contributed by atoms with Crippen LogP contribution >= 0.6 is 12.2 Å². The minimum atomic E-state index is -4.09. The Bertz CT molecular complexity index is 1070. The molecule has 11 nitrogen and oxygen atoms in total. The monoisotopic (exact) mass is 443 g/mol. The molecule has 0 aliphatic carbocycles. The van der Waals surface area contributed by atoms with E-state index in [2.05, 4.69) is 15.5 Å². The van der Waals surface area contributed by atoms with Crippen LogP contribution in [0, 0.1) is 4.77 Å². The first-order chi connectivity index (χ1) is 13.8. The molecule has 1 atom stereocenters. The van der Waals surface area contributed by atoms with Crippen LogP contribution in [0.2, 0.25) is 0 Å². The van der Waals surface area contributed by atoms with Gasteiger partial charge in [0, 0.05) is 13.6 Å². The van der Waals surface area contributed by atoms with Gasteiger partial charge in [0.2, 0.25) is 16.8 Å². The molecule has 1 saturated heterocycles. The second kappa shape index (κ2) is 8.47. The lowest BCUT2D eigenvalue weighted by Gasteiger charge is -2.22. The van der Waals surface area contributed by atoms with E-state index in [1.165, 1.54) is 12.1 Å². The van der Waals surface area contributed by atoms with Crippen molar-refractivity contribution in [2.75, 3.05) is 13.2 Å². The van der Waals surface area contributed by atoms with Gasteiger partial charge >= 0.3 is 5.97 Å². The van der Waals surface area contributed by atoms with Crippen molar-refractivity contribution in [2.45, 2.75) is 37.4 Å². The molecule has 3 heterocycles. The van der Waals surface area contributed by atoms with Crippen molar-refractivity contribution >= 4 is 34.1 Å². The summed E-state index contributed by atoms with van der Waals surface area (Å²) in [5.41, 5.74) is 0. The number of hydrogen-bond acceptors (Lipinski definition) is 8. The van der Waals surface area contributed by atoms with E-state index in [9.17, 15) is 18.0 Å². The number of rotatable bonds is 7. The number of hydrogen-bond donors (Lipinski definition) is 2. The number of aromatic nitrogens is 3. The maximum Gasteiger partial charge on any atom is 0.374 e. The van der Waals surface area contributed by atoms with Gasteiger partial charge in [-0.3, -0.25) is 9.89 Å². The quantitative estimate of drug-likeness (QED) is 0.471. The number of aromatic amines is 1. The highest BCUT2D eigenvalue weighted by Gasteiger charge is 2.41. The summed E-state index contributed by atoms with van der Waals surface area (Å²) in [6.45, 7) is 2.03. The summed E-state index contributed by atoms with van der Waals surface area (Å²) in [6, 6.07) is 1.53. The minimum absolute atomic E-state index is 0.0978. The van der Waals surface area contributed by atoms with Crippen molar-refractivity contribution in [3.05, 3.63) is 28.5 Å². The van der Waals surface area contributed by atoms with Crippen molar-refractivity contribution in [2.24, 2.45) is 7.05 Å². The molecule has 1 amide bonds. The number of amides is 1. The van der Waals surface area contributed by atoms with Crippen LogP contribution in [0.1, 0.15) is 36.1 Å². The third-order valence-corrected chi connectivity index (χ3v) is 6.67. The SMILES string of the molecule is CCOC(=O)c1ccc(S(=O)(=O)N2CCCC2C(=O)NCc2n[nH]c(=S)n2C)o1. The van der Waals surface area contributed by atoms with E-state index in [-0.39, 0.29) is 25.5 Å². The van der Waals surface area contributed by atoms with Crippen LogP contribution in [0.15, 0.2) is 21.6 Å². The Kier molecular flexibility index (Phi) is 6.19. The van der Waals surface area contributed by atoms with Crippen LogP contribution in [0.5, 0.6) is 0 Å². The molecule has 1 aliphatic rings. The summed E-state index contributed by atoms with van der Waals surface area (Å²) < 4.78 is 39.0. The standard InChI is InChI=1S/C16H21N5O6S2/c1-3-26-15(23)11-6-7-13(27-11)29(24,25)21-8-4-5-10(21)14(22)17-9-12-18-19-16(28)20(12)2/h6-7,10H,3-5,8-9H2,1-2H3,(H,17,22)(H,19,28). The van der Waals surface area contributed by atoms with Gasteiger partial charge in [0.25, 0.3) is 10.0 Å². The number of ether oxygens (including phenoxy) is 1. The Morgan fingerprint density at radius 2 is 2.21 bits per heavy atom. The molecule has 2 N–H and O–H groups in total. The zero-order valence-electron chi connectivity index (χ0n) is 15.9. The molecule has 29 heavy (non-hydrogen) atoms. The molecule has 0 saturated carbocycles. The van der Waals surface area contributed by atoms with Gasteiger partial charge in [0.15, 0.2) is 10.6 Å². The van der Waals surface area contributed by atoms with E-state index in [1.807, 2.05) is 0 Å². The molecule has 0 aromatic carbocycles. The molecule has 1 unspecified atom stereocenters. The van der Waals surface area contributed by atoms with Gasteiger partial charge < -0.3 is 19.0 Å². The van der Waals surface area contributed by atoms with Crippen LogP contribution in [-0.4, -0.2) is 58.6 Å². The Labute approximate surface area is 172 Å². The summed E-state index contributed by atoms with van der Waals surface area (Å²) in [5, 5.41) is 8.90. The van der Waals surface area contributed by atoms with E-state index < -0.39 is 33.0 Å². The number of esters is 1. The number of carbonyl (C=O) groups excluding carboxylic acids is 2. The average molecular weight is 444 g/mol. The van der Waals surface area contributed by atoms with Crippen LogP contribution in [0.4, 0.5) is 0 Å². The summed E-state index contributed by atoms with van der Waals surface area (Å²) >= 11 is 5.02. The molecule has 3 rings (SSSR count). The van der Waals surface area contributed by atoms with Crippen LogP contribution in [0.25, 0.3) is 0 Å². The van der Waals surface area contributed by atoms with E-state index >= 15 is 0 Å². The number of sulfonamides is 1. The number of H-pyrrole nitrogens is 1. The molecular formula is C16H21N5O6S2. The number of carbonyl (C=O) groups is 2. The van der Waals surface area contributed by atoms with E-state index in [4.69, 9.17) is 21.4 Å². The van der Waals surface area contributed by atoms with Crippen molar-refractivity contribution in [1.82, 2.24) is 24.4 Å². The summed E-state index contributed by atoms with van der Waals surface area (Å²) in [4.78, 5) is 24.4. The zero-order chi connectivity index (χ0) is 21.2. The maximum atomic E-state index is 12.9. The third-order valence-electron chi connectivity index (χ3n) is 4.52. The van der Waals surface area contributed by atoms with E-state index in [0.29, 0.717) is 23.4 Å². The van der Waals surface area contributed by atoms with Gasteiger partial charge in [-0.25, -0.2) is 13.2 Å². The summed E-state index contributed by atoms with van der Waals surface area (Å²) in [7, 11) is -2.39. The highest BCUT2D eigenvalue weighted by atomic mass is 32.2. The van der Waals surface area contributed by atoms with Crippen LogP contribution in [0.3, 0.4) is 0 Å². The molecule has 158 valence electrons. The fourth-order valence-corrected chi connectivity index (χ4v) is 4.72. The molecule has 0 radical (unpaired) electrons. The topological polar surface area (TPSA) is 140 Å². The van der Waals surface area contributed by atoms with Crippen molar-refractivity contribution in [3.63, 3.8) is 0 Å². The van der Waals surface area contributed by atoms with Gasteiger partial charge in [-0.15, -0.1) is 0 Å². The zero-order valence-corrected chi connectivity index (χ0v) is 17.5. The first-order valence-corrected chi connectivity index (χ1v) is 10.8. The van der Waals surface area contributed by atoms with Gasteiger partial charge in [0.05, 0.1) is 13.2 Å². The number of nitrogens with zero attached hydrogens (tertiary/aromatic N) is 3. The second-order valence-electron chi connectivity index (χ2n) is 6.33. The molecule has 0 spiro atoms. The largest absolute Gasteiger partial charge is 0.460 e. The van der Waals surface area contributed by atoms with E-state index in [0.717, 1.165) is 4.31 Å². The summed E-state index contributed by atoms with van der Waals surface area (Å²) in [6.07, 6.45) is 0.894.